The topological polar surface area (TPSA) is 91.3 Å². The van der Waals surface area contributed by atoms with E-state index in [1.165, 1.54) is 12.3 Å². The molecule has 0 aromatic carbocycles. The Bertz CT molecular complexity index is 509. The van der Waals surface area contributed by atoms with Gasteiger partial charge < -0.3 is 10.4 Å². The Labute approximate surface area is 126 Å². The van der Waals surface area contributed by atoms with E-state index in [4.69, 9.17) is 28.3 Å². The number of carboxylic acid groups (broad SMARTS) is 1. The number of nitrogens with one attached hydrogen (secondary N) is 2. The van der Waals surface area contributed by atoms with E-state index >= 15 is 0 Å². The first-order valence-corrected chi connectivity index (χ1v) is 6.64. The van der Waals surface area contributed by atoms with Crippen LogP contribution in [0.25, 0.3) is 0 Å². The summed E-state index contributed by atoms with van der Waals surface area (Å²) in [5.41, 5.74) is 0. The molecule has 1 aromatic heterocycles. The van der Waals surface area contributed by atoms with Crippen LogP contribution in [-0.2, 0) is 9.59 Å². The average Bonchev–Trinajstić information content (AvgIpc) is 2.32. The molecule has 1 heterocycles. The fourth-order valence-electron chi connectivity index (χ4n) is 1.49. The second-order valence-corrected chi connectivity index (χ2v) is 5.32. The zero-order valence-corrected chi connectivity index (χ0v) is 12.5. The minimum Gasteiger partial charge on any atom is -0.480 e. The lowest BCUT2D eigenvalue weighted by atomic mass is 10.1. The van der Waals surface area contributed by atoms with Crippen LogP contribution in [0.4, 0.5) is 5.82 Å². The monoisotopic (exact) mass is 319 g/mol. The number of anilines is 1. The fraction of sp³-hybridized carbons (Fsp3) is 0.417. The van der Waals surface area contributed by atoms with Gasteiger partial charge in [-0.25, -0.2) is 4.98 Å². The Morgan fingerprint density at radius 1 is 1.40 bits per heavy atom. The molecule has 1 rings (SSSR count). The summed E-state index contributed by atoms with van der Waals surface area (Å²) in [4.78, 5) is 26.5. The number of pyridine rings is 1. The number of carboxylic acids is 1. The summed E-state index contributed by atoms with van der Waals surface area (Å²) < 4.78 is 0. The maximum atomic E-state index is 11.7. The van der Waals surface area contributed by atoms with Crippen molar-refractivity contribution in [2.45, 2.75) is 19.9 Å². The van der Waals surface area contributed by atoms with Crippen LogP contribution in [0.3, 0.4) is 0 Å². The van der Waals surface area contributed by atoms with Gasteiger partial charge in [-0.3, -0.25) is 14.9 Å². The minimum absolute atomic E-state index is 0.141. The third kappa shape index (κ3) is 4.96. The van der Waals surface area contributed by atoms with Gasteiger partial charge in [-0.1, -0.05) is 37.0 Å². The highest BCUT2D eigenvalue weighted by atomic mass is 35.5. The number of amides is 1. The molecule has 110 valence electrons. The number of carbonyl (C=O) groups excluding carboxylic acids is 1. The van der Waals surface area contributed by atoms with Crippen LogP contribution >= 0.6 is 23.2 Å². The Morgan fingerprint density at radius 3 is 2.55 bits per heavy atom. The van der Waals surface area contributed by atoms with E-state index in [0.717, 1.165) is 0 Å². The van der Waals surface area contributed by atoms with Crippen molar-refractivity contribution >= 4 is 40.9 Å². The summed E-state index contributed by atoms with van der Waals surface area (Å²) in [7, 11) is 0. The van der Waals surface area contributed by atoms with Crippen molar-refractivity contribution in [3.63, 3.8) is 0 Å². The number of aliphatic carboxylic acids is 1. The van der Waals surface area contributed by atoms with Crippen molar-refractivity contribution in [1.29, 1.82) is 0 Å². The Hall–Kier alpha value is -1.37. The predicted octanol–water partition coefficient (Wildman–Crippen LogP) is 2.03. The summed E-state index contributed by atoms with van der Waals surface area (Å²) in [6, 6.07) is 0.655. The zero-order chi connectivity index (χ0) is 15.3. The number of nitrogens with zero attached hydrogens (tertiary/aromatic N) is 1. The van der Waals surface area contributed by atoms with Crippen molar-refractivity contribution in [1.82, 2.24) is 10.3 Å². The van der Waals surface area contributed by atoms with Gasteiger partial charge in [0.2, 0.25) is 5.91 Å². The van der Waals surface area contributed by atoms with Crippen LogP contribution in [0.5, 0.6) is 0 Å². The molecule has 1 atom stereocenters. The molecule has 0 aliphatic heterocycles. The van der Waals surface area contributed by atoms with E-state index < -0.39 is 17.9 Å². The quantitative estimate of drug-likeness (QED) is 0.746. The molecule has 0 bridgehead atoms. The molecule has 0 radical (unpaired) electrons. The minimum atomic E-state index is -1.00. The SMILES string of the molecule is CC(C)C(NCC(=O)Nc1ncc(Cl)cc1Cl)C(=O)O. The fourth-order valence-corrected chi connectivity index (χ4v) is 1.92. The van der Waals surface area contributed by atoms with Gasteiger partial charge in [0.25, 0.3) is 0 Å². The van der Waals surface area contributed by atoms with E-state index in [-0.39, 0.29) is 23.3 Å². The summed E-state index contributed by atoms with van der Waals surface area (Å²) in [5, 5.41) is 14.7. The molecule has 0 spiro atoms. The number of rotatable bonds is 6. The van der Waals surface area contributed by atoms with Gasteiger partial charge in [0.1, 0.15) is 6.04 Å². The third-order valence-corrected chi connectivity index (χ3v) is 2.98. The first-order chi connectivity index (χ1) is 9.31. The van der Waals surface area contributed by atoms with E-state index in [9.17, 15) is 9.59 Å². The molecule has 0 aliphatic carbocycles. The molecule has 6 nitrogen and oxygen atoms in total. The Kier molecular flexibility index (Phi) is 6.19. The number of aromatic nitrogens is 1. The second-order valence-electron chi connectivity index (χ2n) is 4.47. The lowest BCUT2D eigenvalue weighted by Gasteiger charge is -2.17. The van der Waals surface area contributed by atoms with E-state index in [2.05, 4.69) is 15.6 Å². The van der Waals surface area contributed by atoms with Crippen molar-refractivity contribution in [3.05, 3.63) is 22.3 Å². The van der Waals surface area contributed by atoms with Crippen LogP contribution in [-0.4, -0.2) is 34.6 Å². The first-order valence-electron chi connectivity index (χ1n) is 5.88. The number of hydrogen-bond acceptors (Lipinski definition) is 4. The molecule has 0 fully saturated rings. The predicted molar refractivity (Wildman–Crippen MR) is 77.2 cm³/mol. The highest BCUT2D eigenvalue weighted by Gasteiger charge is 2.21. The van der Waals surface area contributed by atoms with Crippen LogP contribution in [0.1, 0.15) is 13.8 Å². The molecule has 0 saturated heterocycles. The second kappa shape index (κ2) is 7.42. The van der Waals surface area contributed by atoms with E-state index in [0.29, 0.717) is 5.02 Å². The van der Waals surface area contributed by atoms with Gasteiger partial charge in [0, 0.05) is 6.20 Å². The highest BCUT2D eigenvalue weighted by molar-refractivity contribution is 6.36. The molecule has 8 heteroatoms. The highest BCUT2D eigenvalue weighted by Crippen LogP contribution is 2.22. The number of halogens is 2. The molecule has 1 amide bonds. The van der Waals surface area contributed by atoms with E-state index in [1.807, 2.05) is 0 Å². The van der Waals surface area contributed by atoms with Gasteiger partial charge in [0.05, 0.1) is 16.6 Å². The molecule has 0 saturated carbocycles. The Balaban J connectivity index is 2.57. The number of hydrogen-bond donors (Lipinski definition) is 3. The Morgan fingerprint density at radius 2 is 2.05 bits per heavy atom. The van der Waals surface area contributed by atoms with Crippen molar-refractivity contribution in [3.8, 4) is 0 Å². The maximum absolute atomic E-state index is 11.7. The van der Waals surface area contributed by atoms with Crippen LogP contribution in [0.2, 0.25) is 10.0 Å². The van der Waals surface area contributed by atoms with Gasteiger partial charge in [-0.05, 0) is 12.0 Å². The smallest absolute Gasteiger partial charge is 0.320 e. The largest absolute Gasteiger partial charge is 0.480 e. The van der Waals surface area contributed by atoms with Crippen molar-refractivity contribution in [2.75, 3.05) is 11.9 Å². The molecule has 0 aliphatic rings. The summed E-state index contributed by atoms with van der Waals surface area (Å²) in [6.45, 7) is 3.35. The van der Waals surface area contributed by atoms with Crippen molar-refractivity contribution < 1.29 is 14.7 Å². The normalized spacial score (nSPS) is 12.2. The summed E-state index contributed by atoms with van der Waals surface area (Å²) in [6.07, 6.45) is 1.35. The average molecular weight is 320 g/mol. The van der Waals surface area contributed by atoms with E-state index in [1.54, 1.807) is 13.8 Å². The molecule has 1 aromatic rings. The standard InChI is InChI=1S/C12H15Cl2N3O3/c1-6(2)10(12(19)20)15-5-9(18)17-11-8(14)3-7(13)4-16-11/h3-4,6,10,15H,5H2,1-2H3,(H,19,20)(H,16,17,18). The lowest BCUT2D eigenvalue weighted by molar-refractivity contribution is -0.140. The van der Waals surface area contributed by atoms with Crippen LogP contribution < -0.4 is 10.6 Å². The first kappa shape index (κ1) is 16.7. The van der Waals surface area contributed by atoms with Gasteiger partial charge in [-0.15, -0.1) is 0 Å². The lowest BCUT2D eigenvalue weighted by Crippen LogP contribution is -2.44. The van der Waals surface area contributed by atoms with Gasteiger partial charge in [-0.2, -0.15) is 0 Å². The maximum Gasteiger partial charge on any atom is 0.320 e. The van der Waals surface area contributed by atoms with Crippen LogP contribution in [0, 0.1) is 5.92 Å². The van der Waals surface area contributed by atoms with Crippen molar-refractivity contribution in [2.24, 2.45) is 5.92 Å². The molecule has 1 unspecified atom stereocenters. The molecule has 20 heavy (non-hydrogen) atoms. The molecular formula is C12H15Cl2N3O3. The van der Waals surface area contributed by atoms with Gasteiger partial charge in [0.15, 0.2) is 5.82 Å². The summed E-state index contributed by atoms with van der Waals surface area (Å²) >= 11 is 11.5. The molecular weight excluding hydrogens is 305 g/mol. The number of carbonyl (C=O) groups is 2. The third-order valence-electron chi connectivity index (χ3n) is 2.48. The molecule has 3 N–H and O–H groups in total. The van der Waals surface area contributed by atoms with Gasteiger partial charge >= 0.3 is 5.97 Å². The van der Waals surface area contributed by atoms with Crippen LogP contribution in [0.15, 0.2) is 12.3 Å². The summed E-state index contributed by atoms with van der Waals surface area (Å²) in [5.74, 6) is -1.40. The zero-order valence-electron chi connectivity index (χ0n) is 11.0.